The molecule has 1 aromatic rings. The van der Waals surface area contributed by atoms with E-state index in [0.29, 0.717) is 11.3 Å². The molecule has 0 unspecified atom stereocenters. The molecule has 0 aliphatic heterocycles. The number of aliphatic hydroxyl groups is 1. The third kappa shape index (κ3) is 2.44. The van der Waals surface area contributed by atoms with E-state index in [2.05, 4.69) is 0 Å². The van der Waals surface area contributed by atoms with Gasteiger partial charge < -0.3 is 5.11 Å². The predicted molar refractivity (Wildman–Crippen MR) is 62.2 cm³/mol. The molecule has 4 heteroatoms. The molecule has 1 aromatic carbocycles. The first-order valence-corrected chi connectivity index (χ1v) is 7.21. The largest absolute Gasteiger partial charge is 0.390 e. The van der Waals surface area contributed by atoms with E-state index in [0.717, 1.165) is 24.0 Å². The van der Waals surface area contributed by atoms with Crippen LogP contribution in [-0.4, -0.2) is 25.4 Å². The van der Waals surface area contributed by atoms with Gasteiger partial charge in [0.2, 0.25) is 0 Å². The molecule has 16 heavy (non-hydrogen) atoms. The van der Waals surface area contributed by atoms with Crippen molar-refractivity contribution in [3.63, 3.8) is 0 Å². The maximum atomic E-state index is 11.6. The van der Waals surface area contributed by atoms with Crippen molar-refractivity contribution < 1.29 is 13.5 Å². The van der Waals surface area contributed by atoms with Gasteiger partial charge in [-0.3, -0.25) is 0 Å². The summed E-state index contributed by atoms with van der Waals surface area (Å²) in [5.41, 5.74) is 0.995. The van der Waals surface area contributed by atoms with Crippen LogP contribution >= 0.6 is 0 Å². The number of aryl methyl sites for hydroxylation is 1. The van der Waals surface area contributed by atoms with Crippen molar-refractivity contribution >= 4 is 9.84 Å². The molecule has 88 valence electrons. The topological polar surface area (TPSA) is 54.4 Å². The Morgan fingerprint density at radius 2 is 2.00 bits per heavy atom. The summed E-state index contributed by atoms with van der Waals surface area (Å²) in [5, 5.41) is 9.85. The fourth-order valence-electron chi connectivity index (χ4n) is 1.83. The fourth-order valence-corrected chi connectivity index (χ4v) is 2.84. The number of benzene rings is 1. The van der Waals surface area contributed by atoms with Crippen LogP contribution in [0.15, 0.2) is 23.1 Å². The van der Waals surface area contributed by atoms with Gasteiger partial charge >= 0.3 is 0 Å². The van der Waals surface area contributed by atoms with Crippen molar-refractivity contribution in [3.8, 4) is 0 Å². The molecule has 1 fully saturated rings. The van der Waals surface area contributed by atoms with E-state index in [9.17, 15) is 13.5 Å². The normalized spacial score (nSPS) is 18.4. The van der Waals surface area contributed by atoms with Crippen LogP contribution in [0.4, 0.5) is 0 Å². The molecule has 0 amide bonds. The van der Waals surface area contributed by atoms with Crippen molar-refractivity contribution in [2.75, 3.05) is 6.26 Å². The molecule has 2 rings (SSSR count). The van der Waals surface area contributed by atoms with Crippen LogP contribution in [-0.2, 0) is 16.3 Å². The zero-order valence-corrected chi connectivity index (χ0v) is 10.3. The van der Waals surface area contributed by atoms with Crippen LogP contribution in [0, 0.1) is 6.92 Å². The Kier molecular flexibility index (Phi) is 2.59. The molecule has 3 nitrogen and oxygen atoms in total. The van der Waals surface area contributed by atoms with Gasteiger partial charge in [0.05, 0.1) is 10.5 Å². The summed E-state index contributed by atoms with van der Waals surface area (Å²) in [7, 11) is -3.21. The molecule has 0 aromatic heterocycles. The highest BCUT2D eigenvalue weighted by Gasteiger charge is 2.41. The summed E-state index contributed by atoms with van der Waals surface area (Å²) in [4.78, 5) is 0.354. The first kappa shape index (κ1) is 11.6. The summed E-state index contributed by atoms with van der Waals surface area (Å²) in [6, 6.07) is 5.37. The van der Waals surface area contributed by atoms with Gasteiger partial charge in [-0.1, -0.05) is 12.1 Å². The Morgan fingerprint density at radius 3 is 2.50 bits per heavy atom. The van der Waals surface area contributed by atoms with E-state index in [1.54, 1.807) is 6.07 Å². The minimum Gasteiger partial charge on any atom is -0.390 e. The first-order valence-electron chi connectivity index (χ1n) is 5.32. The molecular formula is C12H16O3S. The molecular weight excluding hydrogens is 224 g/mol. The summed E-state index contributed by atoms with van der Waals surface area (Å²) in [6.45, 7) is 1.87. The molecule has 0 heterocycles. The molecule has 0 radical (unpaired) electrons. The summed E-state index contributed by atoms with van der Waals surface area (Å²) in [5.74, 6) is 0. The SMILES string of the molecule is Cc1ccc(CC2(O)CC2)c(S(C)(=O)=O)c1. The lowest BCUT2D eigenvalue weighted by atomic mass is 10.1. The molecule has 0 spiro atoms. The average molecular weight is 240 g/mol. The van der Waals surface area contributed by atoms with Crippen LogP contribution in [0.5, 0.6) is 0 Å². The van der Waals surface area contributed by atoms with Crippen molar-refractivity contribution in [2.24, 2.45) is 0 Å². The van der Waals surface area contributed by atoms with Crippen LogP contribution in [0.3, 0.4) is 0 Å². The van der Waals surface area contributed by atoms with Gasteiger partial charge in [0.15, 0.2) is 9.84 Å². The molecule has 0 saturated heterocycles. The van der Waals surface area contributed by atoms with Gasteiger partial charge in [-0.25, -0.2) is 8.42 Å². The van der Waals surface area contributed by atoms with E-state index in [1.807, 2.05) is 19.1 Å². The van der Waals surface area contributed by atoms with Gasteiger partial charge in [-0.05, 0) is 37.0 Å². The zero-order valence-electron chi connectivity index (χ0n) is 9.53. The number of hydrogen-bond donors (Lipinski definition) is 1. The van der Waals surface area contributed by atoms with Crippen LogP contribution < -0.4 is 0 Å². The van der Waals surface area contributed by atoms with Crippen LogP contribution in [0.1, 0.15) is 24.0 Å². The van der Waals surface area contributed by atoms with Crippen molar-refractivity contribution in [2.45, 2.75) is 36.7 Å². The van der Waals surface area contributed by atoms with Gasteiger partial charge in [-0.15, -0.1) is 0 Å². The second kappa shape index (κ2) is 3.57. The summed E-state index contributed by atoms with van der Waals surface area (Å²) in [6.07, 6.45) is 3.19. The van der Waals surface area contributed by atoms with Crippen LogP contribution in [0.2, 0.25) is 0 Å². The Balaban J connectivity index is 2.44. The molecule has 1 aliphatic rings. The predicted octanol–water partition coefficient (Wildman–Crippen LogP) is 1.47. The highest BCUT2D eigenvalue weighted by atomic mass is 32.2. The van der Waals surface area contributed by atoms with Crippen LogP contribution in [0.25, 0.3) is 0 Å². The van der Waals surface area contributed by atoms with Gasteiger partial charge in [0, 0.05) is 12.7 Å². The smallest absolute Gasteiger partial charge is 0.175 e. The van der Waals surface area contributed by atoms with E-state index >= 15 is 0 Å². The monoisotopic (exact) mass is 240 g/mol. The Labute approximate surface area is 96.0 Å². The number of hydrogen-bond acceptors (Lipinski definition) is 3. The third-order valence-electron chi connectivity index (χ3n) is 2.97. The Morgan fingerprint density at radius 1 is 1.38 bits per heavy atom. The summed E-state index contributed by atoms with van der Waals surface area (Å²) >= 11 is 0. The minimum absolute atomic E-state index is 0.354. The maximum Gasteiger partial charge on any atom is 0.175 e. The highest BCUT2D eigenvalue weighted by Crippen LogP contribution is 2.39. The van der Waals surface area contributed by atoms with E-state index in [4.69, 9.17) is 0 Å². The first-order chi connectivity index (χ1) is 7.30. The molecule has 1 N–H and O–H groups in total. The lowest BCUT2D eigenvalue weighted by Gasteiger charge is -2.12. The fraction of sp³-hybridized carbons (Fsp3) is 0.500. The Hall–Kier alpha value is -0.870. The van der Waals surface area contributed by atoms with Crippen molar-refractivity contribution in [1.82, 2.24) is 0 Å². The second-order valence-electron chi connectivity index (χ2n) is 4.78. The minimum atomic E-state index is -3.21. The number of sulfone groups is 1. The van der Waals surface area contributed by atoms with E-state index < -0.39 is 15.4 Å². The molecule has 1 aliphatic carbocycles. The van der Waals surface area contributed by atoms with Crippen molar-refractivity contribution in [1.29, 1.82) is 0 Å². The van der Waals surface area contributed by atoms with E-state index in [-0.39, 0.29) is 0 Å². The van der Waals surface area contributed by atoms with E-state index in [1.165, 1.54) is 6.26 Å². The van der Waals surface area contributed by atoms with Gasteiger partial charge in [0.1, 0.15) is 0 Å². The maximum absolute atomic E-state index is 11.6. The second-order valence-corrected chi connectivity index (χ2v) is 6.77. The molecule has 1 saturated carbocycles. The lowest BCUT2D eigenvalue weighted by molar-refractivity contribution is 0.150. The zero-order chi connectivity index (χ0) is 12.0. The standard InChI is InChI=1S/C12H16O3S/c1-9-3-4-10(8-12(13)5-6-12)11(7-9)16(2,14)15/h3-4,7,13H,5-6,8H2,1-2H3. The Bertz CT molecular complexity index is 513. The molecule has 0 atom stereocenters. The highest BCUT2D eigenvalue weighted by molar-refractivity contribution is 7.90. The van der Waals surface area contributed by atoms with Crippen molar-refractivity contribution in [3.05, 3.63) is 29.3 Å². The van der Waals surface area contributed by atoms with Gasteiger partial charge in [-0.2, -0.15) is 0 Å². The molecule has 0 bridgehead atoms. The van der Waals surface area contributed by atoms with Gasteiger partial charge in [0.25, 0.3) is 0 Å². The quantitative estimate of drug-likeness (QED) is 0.870. The lowest BCUT2D eigenvalue weighted by Crippen LogP contribution is -2.14. The third-order valence-corrected chi connectivity index (χ3v) is 4.15. The average Bonchev–Trinajstić information content (AvgIpc) is 2.85. The summed E-state index contributed by atoms with van der Waals surface area (Å²) < 4.78 is 23.3. The number of rotatable bonds is 3.